The second kappa shape index (κ2) is 7.92. The molecule has 118 valence electrons. The van der Waals surface area contributed by atoms with Gasteiger partial charge in [0.15, 0.2) is 0 Å². The lowest BCUT2D eigenvalue weighted by Crippen LogP contribution is -2.09. The molecule has 0 spiro atoms. The molecule has 1 aromatic rings. The minimum Gasteiger partial charge on any atom is -0.316 e. The Morgan fingerprint density at radius 3 is 2.62 bits per heavy atom. The Hall–Kier alpha value is -0.910. The smallest absolute Gasteiger partial charge is 0.296 e. The average Bonchev–Trinajstić information content (AvgIpc) is 2.96. The van der Waals surface area contributed by atoms with Gasteiger partial charge >= 0.3 is 0 Å². The number of nitrogens with one attached hydrogen (secondary N) is 1. The Bertz CT molecular complexity index is 519. The molecule has 1 aromatic carbocycles. The lowest BCUT2D eigenvalue weighted by atomic mass is 10.0. The van der Waals surface area contributed by atoms with Gasteiger partial charge in [-0.1, -0.05) is 30.5 Å². The molecule has 2 rings (SSSR count). The Kier molecular flexibility index (Phi) is 6.21. The fourth-order valence-electron chi connectivity index (χ4n) is 2.61. The zero-order valence-corrected chi connectivity index (χ0v) is 13.5. The third-order valence-electron chi connectivity index (χ3n) is 3.97. The van der Waals surface area contributed by atoms with Gasteiger partial charge in [0.25, 0.3) is 10.1 Å². The summed E-state index contributed by atoms with van der Waals surface area (Å²) in [5, 5.41) is 3.36. The van der Waals surface area contributed by atoms with Crippen LogP contribution in [0, 0.1) is 12.8 Å². The summed E-state index contributed by atoms with van der Waals surface area (Å²) in [7, 11) is -3.59. The van der Waals surface area contributed by atoms with Gasteiger partial charge in [-0.05, 0) is 57.3 Å². The molecular formula is C16H25NO3S. The maximum absolute atomic E-state index is 12.0. The first kappa shape index (κ1) is 16.5. The lowest BCUT2D eigenvalue weighted by Gasteiger charge is -2.08. The van der Waals surface area contributed by atoms with Gasteiger partial charge in [0, 0.05) is 0 Å². The van der Waals surface area contributed by atoms with Gasteiger partial charge in [-0.3, -0.25) is 4.18 Å². The van der Waals surface area contributed by atoms with E-state index in [1.54, 1.807) is 24.3 Å². The van der Waals surface area contributed by atoms with Crippen LogP contribution in [0.1, 0.15) is 37.7 Å². The summed E-state index contributed by atoms with van der Waals surface area (Å²) in [6.07, 6.45) is 5.49. The average molecular weight is 311 g/mol. The molecule has 1 N–H and O–H groups in total. The summed E-state index contributed by atoms with van der Waals surface area (Å²) in [6, 6.07) is 6.76. The van der Waals surface area contributed by atoms with Gasteiger partial charge in [0.1, 0.15) is 0 Å². The topological polar surface area (TPSA) is 55.4 Å². The molecule has 0 saturated carbocycles. The highest BCUT2D eigenvalue weighted by Gasteiger charge is 2.15. The van der Waals surface area contributed by atoms with E-state index in [1.165, 1.54) is 12.8 Å². The van der Waals surface area contributed by atoms with E-state index in [2.05, 4.69) is 5.32 Å². The van der Waals surface area contributed by atoms with Crippen molar-refractivity contribution in [3.8, 4) is 0 Å². The minimum absolute atomic E-state index is 0.241. The zero-order chi connectivity index (χ0) is 15.1. The van der Waals surface area contributed by atoms with Gasteiger partial charge in [-0.2, -0.15) is 8.42 Å². The quantitative estimate of drug-likeness (QED) is 0.592. The molecule has 0 amide bonds. The van der Waals surface area contributed by atoms with E-state index < -0.39 is 10.1 Å². The third-order valence-corrected chi connectivity index (χ3v) is 5.29. The Morgan fingerprint density at radius 2 is 1.95 bits per heavy atom. The van der Waals surface area contributed by atoms with Crippen LogP contribution in [0.4, 0.5) is 0 Å². The van der Waals surface area contributed by atoms with E-state index in [4.69, 9.17) is 4.18 Å². The molecule has 1 unspecified atom stereocenters. The van der Waals surface area contributed by atoms with Crippen LogP contribution in [-0.4, -0.2) is 28.1 Å². The van der Waals surface area contributed by atoms with Gasteiger partial charge in [0.2, 0.25) is 0 Å². The predicted molar refractivity (Wildman–Crippen MR) is 83.8 cm³/mol. The van der Waals surface area contributed by atoms with E-state index in [0.29, 0.717) is 0 Å². The summed E-state index contributed by atoms with van der Waals surface area (Å²) in [4.78, 5) is 0.241. The molecule has 1 aliphatic heterocycles. The molecule has 0 radical (unpaired) electrons. The van der Waals surface area contributed by atoms with Gasteiger partial charge < -0.3 is 5.32 Å². The number of benzene rings is 1. The van der Waals surface area contributed by atoms with E-state index in [9.17, 15) is 8.42 Å². The molecule has 1 saturated heterocycles. The van der Waals surface area contributed by atoms with Crippen LogP contribution in [0.2, 0.25) is 0 Å². The van der Waals surface area contributed by atoms with Crippen LogP contribution in [-0.2, 0) is 14.3 Å². The second-order valence-electron chi connectivity index (χ2n) is 5.80. The molecule has 1 fully saturated rings. The van der Waals surface area contributed by atoms with Crippen LogP contribution in [0.5, 0.6) is 0 Å². The first-order valence-corrected chi connectivity index (χ1v) is 9.15. The molecule has 1 atom stereocenters. The normalized spacial score (nSPS) is 19.0. The third kappa shape index (κ3) is 5.41. The second-order valence-corrected chi connectivity index (χ2v) is 7.41. The van der Waals surface area contributed by atoms with Crippen molar-refractivity contribution in [3.05, 3.63) is 29.8 Å². The first-order chi connectivity index (χ1) is 10.1. The molecule has 1 heterocycles. The maximum Gasteiger partial charge on any atom is 0.296 e. The number of hydrogen-bond donors (Lipinski definition) is 1. The van der Waals surface area contributed by atoms with Crippen molar-refractivity contribution in [3.63, 3.8) is 0 Å². The molecular weight excluding hydrogens is 286 g/mol. The minimum atomic E-state index is -3.59. The summed E-state index contributed by atoms with van der Waals surface area (Å²) in [5.41, 5.74) is 1.04. The Morgan fingerprint density at radius 1 is 1.19 bits per heavy atom. The van der Waals surface area contributed by atoms with Crippen LogP contribution in [0.3, 0.4) is 0 Å². The van der Waals surface area contributed by atoms with Crippen molar-refractivity contribution in [2.45, 2.75) is 43.9 Å². The number of aryl methyl sites for hydroxylation is 1. The highest BCUT2D eigenvalue weighted by atomic mass is 32.2. The maximum atomic E-state index is 12.0. The van der Waals surface area contributed by atoms with Crippen LogP contribution >= 0.6 is 0 Å². The molecule has 1 aliphatic rings. The first-order valence-electron chi connectivity index (χ1n) is 7.75. The fraction of sp³-hybridized carbons (Fsp3) is 0.625. The summed E-state index contributed by atoms with van der Waals surface area (Å²) in [5.74, 6) is 0.808. The molecule has 0 aliphatic carbocycles. The number of hydrogen-bond acceptors (Lipinski definition) is 4. The van der Waals surface area contributed by atoms with Crippen molar-refractivity contribution in [1.82, 2.24) is 5.32 Å². The molecule has 0 aromatic heterocycles. The SMILES string of the molecule is Cc1ccc(S(=O)(=O)OCCCCCC2CCNC2)cc1. The van der Waals surface area contributed by atoms with Crippen molar-refractivity contribution >= 4 is 10.1 Å². The van der Waals surface area contributed by atoms with Crippen LogP contribution in [0.15, 0.2) is 29.2 Å². The Labute approximate surface area is 128 Å². The van der Waals surface area contributed by atoms with E-state index in [1.807, 2.05) is 6.92 Å². The van der Waals surface area contributed by atoms with E-state index >= 15 is 0 Å². The van der Waals surface area contributed by atoms with Crippen molar-refractivity contribution < 1.29 is 12.6 Å². The highest BCUT2D eigenvalue weighted by Crippen LogP contribution is 2.17. The largest absolute Gasteiger partial charge is 0.316 e. The van der Waals surface area contributed by atoms with Crippen molar-refractivity contribution in [2.24, 2.45) is 5.92 Å². The molecule has 0 bridgehead atoms. The molecule has 4 nitrogen and oxygen atoms in total. The van der Waals surface area contributed by atoms with Crippen molar-refractivity contribution in [1.29, 1.82) is 0 Å². The predicted octanol–water partition coefficient (Wildman–Crippen LogP) is 2.87. The van der Waals surface area contributed by atoms with Crippen molar-refractivity contribution in [2.75, 3.05) is 19.7 Å². The summed E-state index contributed by atoms with van der Waals surface area (Å²) >= 11 is 0. The van der Waals surface area contributed by atoms with Crippen LogP contribution in [0.25, 0.3) is 0 Å². The fourth-order valence-corrected chi connectivity index (χ4v) is 3.56. The van der Waals surface area contributed by atoms with Crippen LogP contribution < -0.4 is 5.32 Å². The van der Waals surface area contributed by atoms with Gasteiger partial charge in [-0.25, -0.2) is 0 Å². The molecule has 21 heavy (non-hydrogen) atoms. The van der Waals surface area contributed by atoms with E-state index in [-0.39, 0.29) is 11.5 Å². The highest BCUT2D eigenvalue weighted by molar-refractivity contribution is 7.86. The zero-order valence-electron chi connectivity index (χ0n) is 12.7. The monoisotopic (exact) mass is 311 g/mol. The molecule has 5 heteroatoms. The van der Waals surface area contributed by atoms with E-state index in [0.717, 1.165) is 43.8 Å². The Balaban J connectivity index is 1.64. The van der Waals surface area contributed by atoms with Gasteiger partial charge in [-0.15, -0.1) is 0 Å². The standard InChI is InChI=1S/C16H25NO3S/c1-14-6-8-16(9-7-14)21(18,19)20-12-4-2-3-5-15-10-11-17-13-15/h6-9,15,17H,2-5,10-13H2,1H3. The number of unbranched alkanes of at least 4 members (excludes halogenated alkanes) is 2. The lowest BCUT2D eigenvalue weighted by molar-refractivity contribution is 0.304. The summed E-state index contributed by atoms with van der Waals surface area (Å²) in [6.45, 7) is 4.48. The number of rotatable bonds is 8. The van der Waals surface area contributed by atoms with Gasteiger partial charge in [0.05, 0.1) is 11.5 Å². The summed E-state index contributed by atoms with van der Waals surface area (Å²) < 4.78 is 29.0.